The molecule has 0 aliphatic rings. The average Bonchev–Trinajstić information content (AvgIpc) is 2.65. The molecule has 2 aromatic rings. The van der Waals surface area contributed by atoms with Gasteiger partial charge in [-0.3, -0.25) is 10.6 Å². The Bertz CT molecular complexity index is 599. The number of aromatic nitrogens is 3. The van der Waals surface area contributed by atoms with Gasteiger partial charge >= 0.3 is 0 Å². The van der Waals surface area contributed by atoms with E-state index in [2.05, 4.69) is 15.5 Å². The molecule has 2 rings (SSSR count). The molecular formula is C11H13N5O. The van der Waals surface area contributed by atoms with Crippen LogP contribution in [0.15, 0.2) is 18.5 Å². The van der Waals surface area contributed by atoms with Gasteiger partial charge in [-0.2, -0.15) is 5.10 Å². The van der Waals surface area contributed by atoms with Crippen molar-refractivity contribution in [3.05, 3.63) is 35.4 Å². The quantitative estimate of drug-likeness (QED) is 0.461. The molecule has 0 atom stereocenters. The van der Waals surface area contributed by atoms with Gasteiger partial charge in [-0.15, -0.1) is 0 Å². The van der Waals surface area contributed by atoms with E-state index >= 15 is 0 Å². The number of Topliss-reactive ketones (excluding diaryl/α,β-unsaturated/α-hetero) is 1. The number of ketones is 1. The number of carbonyl (C=O) groups excluding carboxylic acids is 1. The normalized spacial score (nSPS) is 11.2. The van der Waals surface area contributed by atoms with Gasteiger partial charge in [0.05, 0.1) is 17.0 Å². The van der Waals surface area contributed by atoms with Gasteiger partial charge in [0.1, 0.15) is 0 Å². The lowest BCUT2D eigenvalue weighted by atomic mass is 10.1. The minimum Gasteiger partial charge on any atom is -0.331 e. The number of carbonyl (C=O) groups is 1. The third-order valence-electron chi connectivity index (χ3n) is 2.36. The van der Waals surface area contributed by atoms with Gasteiger partial charge in [0.25, 0.3) is 0 Å². The first-order valence-corrected chi connectivity index (χ1v) is 5.12. The summed E-state index contributed by atoms with van der Waals surface area (Å²) in [6, 6.07) is 1.84. The lowest BCUT2D eigenvalue weighted by Gasteiger charge is -2.04. The molecule has 0 unspecified atom stereocenters. The summed E-state index contributed by atoms with van der Waals surface area (Å²) < 4.78 is 1.62. The zero-order chi connectivity index (χ0) is 12.4. The lowest BCUT2D eigenvalue weighted by Crippen LogP contribution is -2.13. The number of fused-ring (bicyclic) bond motifs is 1. The van der Waals surface area contributed by atoms with Crippen LogP contribution in [0.2, 0.25) is 0 Å². The Morgan fingerprint density at radius 1 is 1.59 bits per heavy atom. The fraction of sp³-hybridized carbons (Fsp3) is 0.182. The Balaban J connectivity index is 2.74. The monoisotopic (exact) mass is 231 g/mol. The van der Waals surface area contributed by atoms with Crippen LogP contribution < -0.4 is 11.3 Å². The number of nitrogens with one attached hydrogen (secondary N) is 1. The Kier molecular flexibility index (Phi) is 2.88. The Labute approximate surface area is 98.1 Å². The van der Waals surface area contributed by atoms with Crippen molar-refractivity contribution in [1.82, 2.24) is 20.0 Å². The summed E-state index contributed by atoms with van der Waals surface area (Å²) in [5, 5.41) is 4.29. The number of rotatable bonds is 3. The molecule has 0 fully saturated rings. The van der Waals surface area contributed by atoms with Crippen LogP contribution in [0, 0.1) is 6.92 Å². The summed E-state index contributed by atoms with van der Waals surface area (Å²) in [7, 11) is 0. The van der Waals surface area contributed by atoms with E-state index in [9.17, 15) is 4.79 Å². The van der Waals surface area contributed by atoms with Crippen molar-refractivity contribution < 1.29 is 4.79 Å². The number of hydrogen-bond acceptors (Lipinski definition) is 5. The van der Waals surface area contributed by atoms with Crippen molar-refractivity contribution in [2.75, 3.05) is 0 Å². The second-order valence-corrected chi connectivity index (χ2v) is 3.67. The van der Waals surface area contributed by atoms with Crippen LogP contribution in [0.4, 0.5) is 0 Å². The summed E-state index contributed by atoms with van der Waals surface area (Å²) in [6.45, 7) is 3.36. The van der Waals surface area contributed by atoms with Gasteiger partial charge in [0, 0.05) is 18.5 Å². The summed E-state index contributed by atoms with van der Waals surface area (Å²) in [5.74, 6) is 5.12. The minimum atomic E-state index is -0.0655. The molecule has 0 radical (unpaired) electrons. The molecule has 0 amide bonds. The highest BCUT2D eigenvalue weighted by atomic mass is 16.1. The van der Waals surface area contributed by atoms with Gasteiger partial charge in [-0.25, -0.2) is 9.50 Å². The van der Waals surface area contributed by atoms with Crippen LogP contribution in [-0.4, -0.2) is 20.4 Å². The van der Waals surface area contributed by atoms with Gasteiger partial charge in [0.15, 0.2) is 11.4 Å². The first-order chi connectivity index (χ1) is 8.13. The fourth-order valence-electron chi connectivity index (χ4n) is 1.62. The molecule has 6 heteroatoms. The van der Waals surface area contributed by atoms with Crippen LogP contribution in [0.25, 0.3) is 11.7 Å². The summed E-state index contributed by atoms with van der Waals surface area (Å²) >= 11 is 0. The van der Waals surface area contributed by atoms with E-state index in [0.717, 1.165) is 5.69 Å². The predicted octanol–water partition coefficient (Wildman–Crippen LogP) is 0.674. The van der Waals surface area contributed by atoms with Crippen molar-refractivity contribution in [2.24, 2.45) is 5.84 Å². The number of nitrogens with two attached hydrogens (primary N) is 1. The molecule has 2 aromatic heterocycles. The SMILES string of the molecule is CC(=O)c1cnc2cc(C)nn2c1/C=C\NN. The molecule has 0 aromatic carbocycles. The first-order valence-electron chi connectivity index (χ1n) is 5.12. The maximum atomic E-state index is 11.5. The predicted molar refractivity (Wildman–Crippen MR) is 64.1 cm³/mol. The van der Waals surface area contributed by atoms with Crippen LogP contribution in [0.3, 0.4) is 0 Å². The van der Waals surface area contributed by atoms with Crippen molar-refractivity contribution >= 4 is 17.5 Å². The van der Waals surface area contributed by atoms with E-state index in [-0.39, 0.29) is 5.78 Å². The third kappa shape index (κ3) is 2.02. The largest absolute Gasteiger partial charge is 0.331 e. The standard InChI is InChI=1S/C11H13N5O/c1-7-5-11-13-6-9(8(2)17)10(3-4-14-12)16(11)15-7/h3-6,14H,12H2,1-2H3/b4-3-. The van der Waals surface area contributed by atoms with Crippen molar-refractivity contribution in [3.63, 3.8) is 0 Å². The molecule has 0 saturated carbocycles. The highest BCUT2D eigenvalue weighted by molar-refractivity contribution is 5.97. The minimum absolute atomic E-state index is 0.0655. The smallest absolute Gasteiger partial charge is 0.163 e. The van der Waals surface area contributed by atoms with Crippen molar-refractivity contribution in [1.29, 1.82) is 0 Å². The average molecular weight is 231 g/mol. The van der Waals surface area contributed by atoms with Crippen LogP contribution in [0.5, 0.6) is 0 Å². The molecule has 0 bridgehead atoms. The van der Waals surface area contributed by atoms with Crippen LogP contribution in [-0.2, 0) is 0 Å². The molecule has 17 heavy (non-hydrogen) atoms. The molecular weight excluding hydrogens is 218 g/mol. The van der Waals surface area contributed by atoms with Gasteiger partial charge in [-0.1, -0.05) is 0 Å². The molecule has 0 spiro atoms. The lowest BCUT2D eigenvalue weighted by molar-refractivity contribution is 0.101. The van der Waals surface area contributed by atoms with Crippen molar-refractivity contribution in [2.45, 2.75) is 13.8 Å². The Morgan fingerprint density at radius 3 is 3.00 bits per heavy atom. The molecule has 88 valence electrons. The van der Waals surface area contributed by atoms with E-state index in [0.29, 0.717) is 16.9 Å². The third-order valence-corrected chi connectivity index (χ3v) is 2.36. The molecule has 6 nitrogen and oxygen atoms in total. The maximum absolute atomic E-state index is 11.5. The number of hydrazine groups is 1. The zero-order valence-electron chi connectivity index (χ0n) is 9.64. The van der Waals surface area contributed by atoms with Crippen LogP contribution >= 0.6 is 0 Å². The summed E-state index contributed by atoms with van der Waals surface area (Å²) in [5.41, 5.74) is 5.11. The Hall–Kier alpha value is -2.21. The zero-order valence-corrected chi connectivity index (χ0v) is 9.64. The van der Waals surface area contributed by atoms with Crippen LogP contribution in [0.1, 0.15) is 28.7 Å². The molecule has 0 aliphatic carbocycles. The topological polar surface area (TPSA) is 85.3 Å². The number of hydrogen-bond donors (Lipinski definition) is 2. The van der Waals surface area contributed by atoms with Gasteiger partial charge < -0.3 is 5.43 Å². The maximum Gasteiger partial charge on any atom is 0.163 e. The second kappa shape index (κ2) is 4.34. The molecule has 0 saturated heterocycles. The highest BCUT2D eigenvalue weighted by Crippen LogP contribution is 2.14. The van der Waals surface area contributed by atoms with E-state index in [1.165, 1.54) is 13.1 Å². The molecule has 2 heterocycles. The highest BCUT2D eigenvalue weighted by Gasteiger charge is 2.11. The van der Waals surface area contributed by atoms with E-state index in [1.54, 1.807) is 16.8 Å². The van der Waals surface area contributed by atoms with E-state index in [4.69, 9.17) is 5.84 Å². The summed E-state index contributed by atoms with van der Waals surface area (Å²) in [6.07, 6.45) is 4.78. The van der Waals surface area contributed by atoms with Gasteiger partial charge in [0.2, 0.25) is 0 Å². The molecule has 3 N–H and O–H groups in total. The number of nitrogens with zero attached hydrogens (tertiary/aromatic N) is 3. The van der Waals surface area contributed by atoms with Gasteiger partial charge in [-0.05, 0) is 19.9 Å². The fourth-order valence-corrected chi connectivity index (χ4v) is 1.62. The second-order valence-electron chi connectivity index (χ2n) is 3.67. The Morgan fingerprint density at radius 2 is 2.35 bits per heavy atom. The number of aryl methyl sites for hydroxylation is 1. The van der Waals surface area contributed by atoms with Crippen molar-refractivity contribution in [3.8, 4) is 0 Å². The van der Waals surface area contributed by atoms with E-state index < -0.39 is 0 Å². The summed E-state index contributed by atoms with van der Waals surface area (Å²) in [4.78, 5) is 15.7. The molecule has 0 aliphatic heterocycles. The van der Waals surface area contributed by atoms with E-state index in [1.807, 2.05) is 13.0 Å². The first kappa shape index (κ1) is 11.3.